The molecule has 2 aromatic carbocycles. The van der Waals surface area contributed by atoms with Gasteiger partial charge < -0.3 is 0 Å². The molecule has 0 spiro atoms. The molecule has 0 unspecified atom stereocenters. The van der Waals surface area contributed by atoms with E-state index in [9.17, 15) is 0 Å². The van der Waals surface area contributed by atoms with Crippen LogP contribution in [0, 0.1) is 0 Å². The molecule has 4 heteroatoms. The summed E-state index contributed by atoms with van der Waals surface area (Å²) in [6.07, 6.45) is 1.75. The van der Waals surface area contributed by atoms with E-state index in [2.05, 4.69) is 26.5 Å². The van der Waals surface area contributed by atoms with Crippen molar-refractivity contribution in [2.45, 2.75) is 0 Å². The Bertz CT molecular complexity index is 523. The van der Waals surface area contributed by atoms with Crippen LogP contribution in [0.4, 0.5) is 5.69 Å². The molecule has 0 heterocycles. The smallest absolute Gasteiger partial charge is 0.0748 e. The number of nitrogens with one attached hydrogen (secondary N) is 1. The van der Waals surface area contributed by atoms with Gasteiger partial charge >= 0.3 is 0 Å². The molecule has 0 atom stereocenters. The van der Waals surface area contributed by atoms with Gasteiger partial charge in [0, 0.05) is 4.47 Å². The van der Waals surface area contributed by atoms with Crippen LogP contribution in [0.1, 0.15) is 5.56 Å². The normalized spacial score (nSPS) is 10.7. The van der Waals surface area contributed by atoms with Gasteiger partial charge in [0.05, 0.1) is 16.9 Å². The van der Waals surface area contributed by atoms with Gasteiger partial charge in [-0.05, 0) is 29.8 Å². The summed E-state index contributed by atoms with van der Waals surface area (Å²) in [5.74, 6) is 0. The van der Waals surface area contributed by atoms with Gasteiger partial charge in [0.25, 0.3) is 0 Å². The number of hydrogen-bond acceptors (Lipinski definition) is 2. The van der Waals surface area contributed by atoms with Gasteiger partial charge in [-0.1, -0.05) is 51.8 Å². The van der Waals surface area contributed by atoms with Gasteiger partial charge in [0.2, 0.25) is 0 Å². The van der Waals surface area contributed by atoms with Crippen LogP contribution in [0.25, 0.3) is 0 Å². The number of anilines is 1. The van der Waals surface area contributed by atoms with Crippen molar-refractivity contribution in [1.29, 1.82) is 0 Å². The second-order valence-electron chi connectivity index (χ2n) is 3.40. The molecule has 0 amide bonds. The van der Waals surface area contributed by atoms with E-state index in [0.717, 1.165) is 15.7 Å². The molecule has 0 radical (unpaired) electrons. The number of para-hydroxylation sites is 1. The fraction of sp³-hybridized carbons (Fsp3) is 0. The van der Waals surface area contributed by atoms with Crippen LogP contribution in [0.2, 0.25) is 5.02 Å². The SMILES string of the molecule is Clc1ccccc1N/N=C\c1ccc(Br)cc1. The van der Waals surface area contributed by atoms with Crippen LogP contribution in [-0.2, 0) is 0 Å². The van der Waals surface area contributed by atoms with E-state index < -0.39 is 0 Å². The first-order valence-electron chi connectivity index (χ1n) is 5.05. The lowest BCUT2D eigenvalue weighted by molar-refractivity contribution is 1.35. The summed E-state index contributed by atoms with van der Waals surface area (Å²) in [5.41, 5.74) is 4.72. The average Bonchev–Trinajstić information content (AvgIpc) is 2.34. The molecule has 0 aliphatic heterocycles. The third kappa shape index (κ3) is 3.58. The van der Waals surface area contributed by atoms with Crippen molar-refractivity contribution in [3.8, 4) is 0 Å². The van der Waals surface area contributed by atoms with E-state index >= 15 is 0 Å². The second kappa shape index (κ2) is 5.84. The first kappa shape index (κ1) is 12.1. The molecular weight excluding hydrogens is 300 g/mol. The molecule has 0 aromatic heterocycles. The Morgan fingerprint density at radius 2 is 1.76 bits per heavy atom. The Kier molecular flexibility index (Phi) is 4.18. The molecule has 86 valence electrons. The van der Waals surface area contributed by atoms with Crippen molar-refractivity contribution in [2.24, 2.45) is 5.10 Å². The summed E-state index contributed by atoms with van der Waals surface area (Å²) in [6.45, 7) is 0. The molecule has 0 aliphatic carbocycles. The summed E-state index contributed by atoms with van der Waals surface area (Å²) in [7, 11) is 0. The van der Waals surface area contributed by atoms with E-state index in [0.29, 0.717) is 5.02 Å². The maximum Gasteiger partial charge on any atom is 0.0748 e. The van der Waals surface area contributed by atoms with Gasteiger partial charge in [0.15, 0.2) is 0 Å². The van der Waals surface area contributed by atoms with E-state index in [4.69, 9.17) is 11.6 Å². The Morgan fingerprint density at radius 1 is 1.06 bits per heavy atom. The van der Waals surface area contributed by atoms with E-state index in [1.165, 1.54) is 0 Å². The van der Waals surface area contributed by atoms with Gasteiger partial charge in [-0.3, -0.25) is 5.43 Å². The van der Waals surface area contributed by atoms with Gasteiger partial charge in [0.1, 0.15) is 0 Å². The summed E-state index contributed by atoms with van der Waals surface area (Å²) < 4.78 is 1.05. The minimum absolute atomic E-state index is 0.653. The van der Waals surface area contributed by atoms with Gasteiger partial charge in [-0.15, -0.1) is 0 Å². The van der Waals surface area contributed by atoms with Crippen molar-refractivity contribution in [3.63, 3.8) is 0 Å². The number of benzene rings is 2. The minimum Gasteiger partial charge on any atom is -0.277 e. The topological polar surface area (TPSA) is 24.4 Å². The molecule has 0 saturated heterocycles. The van der Waals surface area contributed by atoms with Crippen LogP contribution in [-0.4, -0.2) is 6.21 Å². The standard InChI is InChI=1S/C13H10BrClN2/c14-11-7-5-10(6-8-11)9-16-17-13-4-2-1-3-12(13)15/h1-9,17H/b16-9-. The zero-order valence-corrected chi connectivity index (χ0v) is 11.2. The van der Waals surface area contributed by atoms with Crippen molar-refractivity contribution in [2.75, 3.05) is 5.43 Å². The zero-order chi connectivity index (χ0) is 12.1. The number of rotatable bonds is 3. The highest BCUT2D eigenvalue weighted by Crippen LogP contribution is 2.20. The fourth-order valence-electron chi connectivity index (χ4n) is 1.28. The number of halogens is 2. The predicted octanol–water partition coefficient (Wildman–Crippen LogP) is 4.55. The second-order valence-corrected chi connectivity index (χ2v) is 4.72. The summed E-state index contributed by atoms with van der Waals surface area (Å²) in [4.78, 5) is 0. The largest absolute Gasteiger partial charge is 0.277 e. The van der Waals surface area contributed by atoms with E-state index in [1.54, 1.807) is 6.21 Å². The predicted molar refractivity (Wildman–Crippen MR) is 76.8 cm³/mol. The number of hydrogen-bond donors (Lipinski definition) is 1. The summed E-state index contributed by atoms with van der Waals surface area (Å²) >= 11 is 9.37. The highest BCUT2D eigenvalue weighted by Gasteiger charge is 1.94. The molecule has 2 nitrogen and oxygen atoms in total. The molecule has 0 fully saturated rings. The Hall–Kier alpha value is -1.32. The molecule has 0 saturated carbocycles. The number of nitrogens with zero attached hydrogens (tertiary/aromatic N) is 1. The lowest BCUT2D eigenvalue weighted by Crippen LogP contribution is -1.90. The van der Waals surface area contributed by atoms with Crippen LogP contribution in [0.3, 0.4) is 0 Å². The highest BCUT2D eigenvalue weighted by molar-refractivity contribution is 9.10. The first-order chi connectivity index (χ1) is 8.25. The van der Waals surface area contributed by atoms with E-state index in [-0.39, 0.29) is 0 Å². The maximum atomic E-state index is 5.98. The van der Waals surface area contributed by atoms with Crippen molar-refractivity contribution in [3.05, 3.63) is 63.6 Å². The quantitative estimate of drug-likeness (QED) is 0.653. The molecule has 1 N–H and O–H groups in total. The van der Waals surface area contributed by atoms with Crippen molar-refractivity contribution in [1.82, 2.24) is 0 Å². The third-order valence-corrected chi connectivity index (χ3v) is 3.00. The molecule has 0 bridgehead atoms. The van der Waals surface area contributed by atoms with Crippen molar-refractivity contribution >= 4 is 39.4 Å². The van der Waals surface area contributed by atoms with Gasteiger partial charge in [-0.25, -0.2) is 0 Å². The van der Waals surface area contributed by atoms with Gasteiger partial charge in [-0.2, -0.15) is 5.10 Å². The van der Waals surface area contributed by atoms with Crippen LogP contribution < -0.4 is 5.43 Å². The monoisotopic (exact) mass is 308 g/mol. The Morgan fingerprint density at radius 3 is 2.47 bits per heavy atom. The first-order valence-corrected chi connectivity index (χ1v) is 6.22. The van der Waals surface area contributed by atoms with Crippen LogP contribution >= 0.6 is 27.5 Å². The van der Waals surface area contributed by atoms with Crippen molar-refractivity contribution < 1.29 is 0 Å². The third-order valence-electron chi connectivity index (χ3n) is 2.14. The maximum absolute atomic E-state index is 5.98. The number of hydrazone groups is 1. The lowest BCUT2D eigenvalue weighted by atomic mass is 10.2. The summed E-state index contributed by atoms with van der Waals surface area (Å²) in [5, 5.41) is 4.78. The van der Waals surface area contributed by atoms with Crippen LogP contribution in [0.5, 0.6) is 0 Å². The zero-order valence-electron chi connectivity index (χ0n) is 8.90. The highest BCUT2D eigenvalue weighted by atomic mass is 79.9. The molecule has 17 heavy (non-hydrogen) atoms. The molecule has 0 aliphatic rings. The fourth-order valence-corrected chi connectivity index (χ4v) is 1.72. The summed E-state index contributed by atoms with van der Waals surface area (Å²) in [6, 6.07) is 15.4. The van der Waals surface area contributed by atoms with Crippen LogP contribution in [0.15, 0.2) is 58.1 Å². The molecule has 2 rings (SSSR count). The van der Waals surface area contributed by atoms with E-state index in [1.807, 2.05) is 48.5 Å². The molecule has 2 aromatic rings. The average molecular weight is 310 g/mol. The Balaban J connectivity index is 2.03. The minimum atomic E-state index is 0.653. The Labute approximate surface area is 113 Å². The lowest BCUT2D eigenvalue weighted by Gasteiger charge is -2.01. The molecular formula is C13H10BrClN2.